The maximum Gasteiger partial charge on any atom is 0.223 e. The fourth-order valence-electron chi connectivity index (χ4n) is 0.901. The van der Waals surface area contributed by atoms with Crippen LogP contribution in [0, 0.1) is 0 Å². The minimum absolute atomic E-state index is 0.524. The first-order valence-corrected chi connectivity index (χ1v) is 6.23. The molecule has 1 aromatic heterocycles. The van der Waals surface area contributed by atoms with Crippen molar-refractivity contribution in [1.29, 1.82) is 0 Å². The van der Waals surface area contributed by atoms with Crippen molar-refractivity contribution in [2.24, 2.45) is 0 Å². The van der Waals surface area contributed by atoms with Gasteiger partial charge in [0.05, 0.1) is 4.47 Å². The Morgan fingerprint density at radius 1 is 1.57 bits per heavy atom. The number of nitrogens with zero attached hydrogens (tertiary/aromatic N) is 2. The maximum atomic E-state index is 4.40. The molecule has 0 aliphatic carbocycles. The van der Waals surface area contributed by atoms with E-state index in [4.69, 9.17) is 0 Å². The summed E-state index contributed by atoms with van der Waals surface area (Å²) in [4.78, 5) is 8.55. The number of thioether (sulfide) groups is 1. The first kappa shape index (κ1) is 11.8. The van der Waals surface area contributed by atoms with Gasteiger partial charge in [-0.15, -0.1) is 11.8 Å². The lowest BCUT2D eigenvalue weighted by molar-refractivity contribution is 0.989. The molecule has 1 aromatic rings. The second kappa shape index (κ2) is 5.56. The monoisotopic (exact) mass is 275 g/mol. The van der Waals surface area contributed by atoms with E-state index < -0.39 is 0 Å². The van der Waals surface area contributed by atoms with Crippen LogP contribution in [0.4, 0.5) is 5.95 Å². The fraction of sp³-hybridized carbons (Fsp3) is 0.556. The van der Waals surface area contributed by atoms with E-state index >= 15 is 0 Å². The molecule has 0 saturated carbocycles. The van der Waals surface area contributed by atoms with Crippen molar-refractivity contribution in [3.63, 3.8) is 0 Å². The summed E-state index contributed by atoms with van der Waals surface area (Å²) in [5.41, 5.74) is 0. The number of hydrogen-bond acceptors (Lipinski definition) is 4. The molecule has 0 aliphatic heterocycles. The smallest absolute Gasteiger partial charge is 0.223 e. The molecule has 3 nitrogen and oxygen atoms in total. The quantitative estimate of drug-likeness (QED) is 0.677. The molecule has 0 saturated heterocycles. The Balaban J connectivity index is 2.84. The van der Waals surface area contributed by atoms with Crippen LogP contribution in [0.15, 0.2) is 15.7 Å². The molecule has 0 aliphatic rings. The van der Waals surface area contributed by atoms with Crippen molar-refractivity contribution in [2.75, 3.05) is 11.9 Å². The molecule has 78 valence electrons. The van der Waals surface area contributed by atoms with Gasteiger partial charge in [-0.2, -0.15) is 0 Å². The number of hydrogen-bond donors (Lipinski definition) is 1. The molecule has 0 atom stereocenters. The standard InChI is InChI=1S/C9H14BrN3S/c1-4-11-9-12-5-7(10)8(13-9)14-6(2)3/h5-6H,4H2,1-3H3,(H,11,12,13). The molecular formula is C9H14BrN3S. The third-order valence-corrected chi connectivity index (χ3v) is 3.24. The summed E-state index contributed by atoms with van der Waals surface area (Å²) in [7, 11) is 0. The van der Waals surface area contributed by atoms with Crippen LogP contribution in [0.1, 0.15) is 20.8 Å². The van der Waals surface area contributed by atoms with Crippen LogP contribution in [0.3, 0.4) is 0 Å². The second-order valence-corrected chi connectivity index (χ2v) is 5.46. The molecular weight excluding hydrogens is 262 g/mol. The lowest BCUT2D eigenvalue weighted by Crippen LogP contribution is -2.03. The number of rotatable bonds is 4. The number of anilines is 1. The van der Waals surface area contributed by atoms with Gasteiger partial charge in [-0.3, -0.25) is 0 Å². The predicted octanol–water partition coefficient (Wildman–Crippen LogP) is 3.17. The third-order valence-electron chi connectivity index (χ3n) is 1.39. The van der Waals surface area contributed by atoms with Crippen LogP contribution in [-0.4, -0.2) is 21.8 Å². The molecule has 1 N–H and O–H groups in total. The maximum absolute atomic E-state index is 4.40. The number of nitrogens with one attached hydrogen (secondary N) is 1. The molecule has 0 fully saturated rings. The third kappa shape index (κ3) is 3.46. The van der Waals surface area contributed by atoms with E-state index in [-0.39, 0.29) is 0 Å². The van der Waals surface area contributed by atoms with Crippen molar-refractivity contribution < 1.29 is 0 Å². The summed E-state index contributed by atoms with van der Waals surface area (Å²) in [5, 5.41) is 4.61. The van der Waals surface area contributed by atoms with Gasteiger partial charge in [0, 0.05) is 18.0 Å². The van der Waals surface area contributed by atoms with Crippen molar-refractivity contribution >= 4 is 33.6 Å². The molecule has 14 heavy (non-hydrogen) atoms. The lowest BCUT2D eigenvalue weighted by atomic mass is 10.6. The topological polar surface area (TPSA) is 37.8 Å². The van der Waals surface area contributed by atoms with Gasteiger partial charge in [-0.25, -0.2) is 9.97 Å². The number of halogens is 1. The SMILES string of the molecule is CCNc1ncc(Br)c(SC(C)C)n1. The van der Waals surface area contributed by atoms with E-state index in [0.717, 1.165) is 16.0 Å². The highest BCUT2D eigenvalue weighted by atomic mass is 79.9. The highest BCUT2D eigenvalue weighted by Gasteiger charge is 2.06. The molecule has 0 bridgehead atoms. The van der Waals surface area contributed by atoms with Crippen LogP contribution in [0.5, 0.6) is 0 Å². The molecule has 0 amide bonds. The molecule has 5 heteroatoms. The Bertz CT molecular complexity index is 304. The molecule has 0 unspecified atom stereocenters. The van der Waals surface area contributed by atoms with E-state index in [1.165, 1.54) is 0 Å². The average molecular weight is 276 g/mol. The average Bonchev–Trinajstić information content (AvgIpc) is 2.10. The highest BCUT2D eigenvalue weighted by molar-refractivity contribution is 9.10. The van der Waals surface area contributed by atoms with Crippen LogP contribution in [-0.2, 0) is 0 Å². The summed E-state index contributed by atoms with van der Waals surface area (Å²) in [6.45, 7) is 7.16. The largest absolute Gasteiger partial charge is 0.354 e. The first-order valence-electron chi connectivity index (χ1n) is 4.56. The molecule has 0 radical (unpaired) electrons. The van der Waals surface area contributed by atoms with Crippen LogP contribution < -0.4 is 5.32 Å². The molecule has 0 spiro atoms. The highest BCUT2D eigenvalue weighted by Crippen LogP contribution is 2.28. The first-order chi connectivity index (χ1) is 6.63. The lowest BCUT2D eigenvalue weighted by Gasteiger charge is -2.08. The van der Waals surface area contributed by atoms with Gasteiger partial charge >= 0.3 is 0 Å². The van der Waals surface area contributed by atoms with Crippen LogP contribution in [0.25, 0.3) is 0 Å². The van der Waals surface area contributed by atoms with E-state index in [1.807, 2.05) is 6.92 Å². The zero-order valence-corrected chi connectivity index (χ0v) is 10.9. The van der Waals surface area contributed by atoms with Gasteiger partial charge in [0.2, 0.25) is 5.95 Å². The van der Waals surface area contributed by atoms with Crippen molar-refractivity contribution in [2.45, 2.75) is 31.0 Å². The Labute approximate surface area is 97.2 Å². The van der Waals surface area contributed by atoms with Gasteiger partial charge in [0.15, 0.2) is 0 Å². The van der Waals surface area contributed by atoms with Gasteiger partial charge in [-0.1, -0.05) is 13.8 Å². The zero-order valence-electron chi connectivity index (χ0n) is 8.54. The van der Waals surface area contributed by atoms with Gasteiger partial charge < -0.3 is 5.32 Å². The van der Waals surface area contributed by atoms with Crippen molar-refractivity contribution in [3.8, 4) is 0 Å². The summed E-state index contributed by atoms with van der Waals surface area (Å²) in [6, 6.07) is 0. The fourth-order valence-corrected chi connectivity index (χ4v) is 2.12. The molecule has 1 rings (SSSR count). The Morgan fingerprint density at radius 2 is 2.29 bits per heavy atom. The van der Waals surface area contributed by atoms with Gasteiger partial charge in [-0.05, 0) is 22.9 Å². The summed E-state index contributed by atoms with van der Waals surface area (Å²) >= 11 is 5.16. The Kier molecular flexibility index (Phi) is 4.68. The van der Waals surface area contributed by atoms with Crippen LogP contribution >= 0.6 is 27.7 Å². The second-order valence-electron chi connectivity index (χ2n) is 3.04. The Hall–Kier alpha value is -0.290. The summed E-state index contributed by atoms with van der Waals surface area (Å²) in [6.07, 6.45) is 1.79. The molecule has 1 heterocycles. The van der Waals surface area contributed by atoms with E-state index in [2.05, 4.69) is 45.1 Å². The normalized spacial score (nSPS) is 10.6. The van der Waals surface area contributed by atoms with Gasteiger partial charge in [0.1, 0.15) is 5.03 Å². The molecule has 0 aromatic carbocycles. The minimum Gasteiger partial charge on any atom is -0.354 e. The summed E-state index contributed by atoms with van der Waals surface area (Å²) < 4.78 is 0.956. The zero-order chi connectivity index (χ0) is 10.6. The van der Waals surface area contributed by atoms with E-state index in [9.17, 15) is 0 Å². The predicted molar refractivity (Wildman–Crippen MR) is 64.9 cm³/mol. The number of aromatic nitrogens is 2. The van der Waals surface area contributed by atoms with Crippen molar-refractivity contribution in [1.82, 2.24) is 9.97 Å². The van der Waals surface area contributed by atoms with E-state index in [1.54, 1.807) is 18.0 Å². The Morgan fingerprint density at radius 3 is 2.86 bits per heavy atom. The van der Waals surface area contributed by atoms with Crippen molar-refractivity contribution in [3.05, 3.63) is 10.7 Å². The minimum atomic E-state index is 0.524. The summed E-state index contributed by atoms with van der Waals surface area (Å²) in [5.74, 6) is 0.693. The van der Waals surface area contributed by atoms with Gasteiger partial charge in [0.25, 0.3) is 0 Å². The van der Waals surface area contributed by atoms with Crippen LogP contribution in [0.2, 0.25) is 0 Å². The van der Waals surface area contributed by atoms with E-state index in [0.29, 0.717) is 11.2 Å².